The van der Waals surface area contributed by atoms with Gasteiger partial charge in [-0.2, -0.15) is 0 Å². The van der Waals surface area contributed by atoms with Gasteiger partial charge in [-0.05, 0) is 35.4 Å². The summed E-state index contributed by atoms with van der Waals surface area (Å²) in [6, 6.07) is 16.3. The van der Waals surface area contributed by atoms with E-state index in [0.29, 0.717) is 6.61 Å². The van der Waals surface area contributed by atoms with Gasteiger partial charge < -0.3 is 4.74 Å². The Bertz CT molecular complexity index is 720. The number of para-hydroxylation sites is 1. The molecule has 0 aliphatic heterocycles. The van der Waals surface area contributed by atoms with Crippen LogP contribution in [-0.2, 0) is 0 Å². The first kappa shape index (κ1) is 13.5. The van der Waals surface area contributed by atoms with Gasteiger partial charge in [-0.3, -0.25) is 0 Å². The Morgan fingerprint density at radius 2 is 1.80 bits per heavy atom. The van der Waals surface area contributed by atoms with Gasteiger partial charge in [0.1, 0.15) is 5.75 Å². The molecule has 102 valence electrons. The minimum absolute atomic E-state index is 0.186. The maximum atomic E-state index is 6.72. The van der Waals surface area contributed by atoms with Crippen molar-refractivity contribution in [2.45, 2.75) is 12.3 Å². The average Bonchev–Trinajstić information content (AvgIpc) is 2.91. The lowest BCUT2D eigenvalue weighted by Gasteiger charge is -2.14. The molecule has 0 saturated carbocycles. The zero-order valence-electron chi connectivity index (χ0n) is 11.2. The molecular weight excluding hydrogens is 288 g/mol. The topological polar surface area (TPSA) is 9.23 Å². The summed E-state index contributed by atoms with van der Waals surface area (Å²) in [6.07, 6.45) is 0. The van der Waals surface area contributed by atoms with E-state index < -0.39 is 0 Å². The maximum Gasteiger partial charge on any atom is 0.124 e. The fraction of sp³-hybridized carbons (Fsp3) is 0.176. The van der Waals surface area contributed by atoms with Crippen molar-refractivity contribution in [2.24, 2.45) is 0 Å². The van der Waals surface area contributed by atoms with Crippen LogP contribution in [0.5, 0.6) is 5.75 Å². The van der Waals surface area contributed by atoms with Gasteiger partial charge in [0.05, 0.1) is 12.0 Å². The molecule has 0 aliphatic rings. The molecule has 0 aliphatic carbocycles. The van der Waals surface area contributed by atoms with Gasteiger partial charge in [-0.15, -0.1) is 22.9 Å². The number of halogens is 1. The zero-order chi connectivity index (χ0) is 13.9. The van der Waals surface area contributed by atoms with Crippen LogP contribution in [0.3, 0.4) is 0 Å². The summed E-state index contributed by atoms with van der Waals surface area (Å²) in [5.74, 6) is 0.866. The first-order chi connectivity index (χ1) is 9.81. The predicted molar refractivity (Wildman–Crippen MR) is 87.1 cm³/mol. The number of fused-ring (bicyclic) bond motifs is 1. The molecule has 0 amide bonds. The summed E-state index contributed by atoms with van der Waals surface area (Å²) >= 11 is 8.45. The number of benzene rings is 2. The molecule has 0 N–H and O–H groups in total. The quantitative estimate of drug-likeness (QED) is 0.568. The van der Waals surface area contributed by atoms with E-state index in [9.17, 15) is 0 Å². The highest BCUT2D eigenvalue weighted by atomic mass is 35.5. The first-order valence-corrected chi connectivity index (χ1v) is 7.94. The Labute approximate surface area is 127 Å². The Hall–Kier alpha value is -1.51. The Balaban J connectivity index is 2.06. The molecule has 3 aromatic rings. The second kappa shape index (κ2) is 5.86. The van der Waals surface area contributed by atoms with Crippen molar-refractivity contribution in [1.29, 1.82) is 0 Å². The Morgan fingerprint density at radius 1 is 1.05 bits per heavy atom. The van der Waals surface area contributed by atoms with Crippen LogP contribution in [0.1, 0.15) is 23.4 Å². The fourth-order valence-corrected chi connectivity index (χ4v) is 3.76. The van der Waals surface area contributed by atoms with Gasteiger partial charge in [0.15, 0.2) is 0 Å². The van der Waals surface area contributed by atoms with E-state index >= 15 is 0 Å². The number of hydrogen-bond acceptors (Lipinski definition) is 2. The molecule has 2 aromatic carbocycles. The van der Waals surface area contributed by atoms with Crippen molar-refractivity contribution < 1.29 is 4.74 Å². The number of hydrogen-bond donors (Lipinski definition) is 0. The molecule has 0 saturated heterocycles. The van der Waals surface area contributed by atoms with E-state index in [1.54, 1.807) is 11.3 Å². The molecular formula is C17H15ClOS. The lowest BCUT2D eigenvalue weighted by molar-refractivity contribution is 0.337. The minimum Gasteiger partial charge on any atom is -0.494 e. The number of thiophene rings is 1. The SMILES string of the molecule is CCOc1ccccc1C(Cl)c1csc2ccccc12. The van der Waals surface area contributed by atoms with Crippen LogP contribution < -0.4 is 4.74 Å². The number of rotatable bonds is 4. The summed E-state index contributed by atoms with van der Waals surface area (Å²) in [5, 5.41) is 3.18. The van der Waals surface area contributed by atoms with Crippen LogP contribution in [-0.4, -0.2) is 6.61 Å². The summed E-state index contributed by atoms with van der Waals surface area (Å²) in [7, 11) is 0. The second-order valence-corrected chi connectivity index (χ2v) is 5.87. The highest BCUT2D eigenvalue weighted by Gasteiger charge is 2.18. The summed E-state index contributed by atoms with van der Waals surface area (Å²) < 4.78 is 6.95. The van der Waals surface area contributed by atoms with Gasteiger partial charge in [0.2, 0.25) is 0 Å². The molecule has 0 bridgehead atoms. The van der Waals surface area contributed by atoms with Gasteiger partial charge in [0.25, 0.3) is 0 Å². The van der Waals surface area contributed by atoms with Crippen molar-refractivity contribution in [3.8, 4) is 5.75 Å². The first-order valence-electron chi connectivity index (χ1n) is 6.63. The molecule has 1 nitrogen and oxygen atoms in total. The molecule has 3 heteroatoms. The van der Waals surface area contributed by atoms with Crippen molar-refractivity contribution in [3.63, 3.8) is 0 Å². The van der Waals surface area contributed by atoms with Crippen molar-refractivity contribution >= 4 is 33.0 Å². The van der Waals surface area contributed by atoms with Crippen LogP contribution in [0.25, 0.3) is 10.1 Å². The van der Waals surface area contributed by atoms with Crippen molar-refractivity contribution in [2.75, 3.05) is 6.61 Å². The third-order valence-electron chi connectivity index (χ3n) is 3.28. The molecule has 3 rings (SSSR count). The highest BCUT2D eigenvalue weighted by molar-refractivity contribution is 7.17. The van der Waals surface area contributed by atoms with E-state index in [0.717, 1.165) is 16.9 Å². The molecule has 0 spiro atoms. The van der Waals surface area contributed by atoms with E-state index in [1.807, 2.05) is 31.2 Å². The molecule has 1 heterocycles. The van der Waals surface area contributed by atoms with E-state index in [-0.39, 0.29) is 5.38 Å². The lowest BCUT2D eigenvalue weighted by atomic mass is 10.0. The number of ether oxygens (including phenoxy) is 1. The lowest BCUT2D eigenvalue weighted by Crippen LogP contribution is -1.99. The molecule has 1 unspecified atom stereocenters. The van der Waals surface area contributed by atoms with Gasteiger partial charge in [-0.1, -0.05) is 36.4 Å². The molecule has 1 atom stereocenters. The van der Waals surface area contributed by atoms with Crippen LogP contribution in [0.4, 0.5) is 0 Å². The summed E-state index contributed by atoms with van der Waals surface area (Å²) in [6.45, 7) is 2.63. The Morgan fingerprint density at radius 3 is 2.65 bits per heavy atom. The molecule has 0 fully saturated rings. The third kappa shape index (κ3) is 2.41. The van der Waals surface area contributed by atoms with Crippen molar-refractivity contribution in [1.82, 2.24) is 0 Å². The normalized spacial score (nSPS) is 12.5. The standard InChI is InChI=1S/C17H15ClOS/c1-2-19-15-9-5-3-8-13(15)17(18)14-11-20-16-10-6-4-7-12(14)16/h3-11,17H,2H2,1H3. The van der Waals surface area contributed by atoms with E-state index in [4.69, 9.17) is 16.3 Å². The minimum atomic E-state index is -0.186. The Kier molecular flexibility index (Phi) is 3.95. The van der Waals surface area contributed by atoms with E-state index in [2.05, 4.69) is 29.6 Å². The van der Waals surface area contributed by atoms with Crippen molar-refractivity contribution in [3.05, 3.63) is 65.0 Å². The maximum absolute atomic E-state index is 6.72. The van der Waals surface area contributed by atoms with Crippen LogP contribution in [0.2, 0.25) is 0 Å². The summed E-state index contributed by atoms with van der Waals surface area (Å²) in [5.41, 5.74) is 2.18. The molecule has 20 heavy (non-hydrogen) atoms. The van der Waals surface area contributed by atoms with Gasteiger partial charge in [-0.25, -0.2) is 0 Å². The van der Waals surface area contributed by atoms with Crippen LogP contribution in [0, 0.1) is 0 Å². The summed E-state index contributed by atoms with van der Waals surface area (Å²) in [4.78, 5) is 0. The average molecular weight is 303 g/mol. The fourth-order valence-electron chi connectivity index (χ4n) is 2.34. The number of alkyl halides is 1. The zero-order valence-corrected chi connectivity index (χ0v) is 12.7. The monoisotopic (exact) mass is 302 g/mol. The van der Waals surface area contributed by atoms with Gasteiger partial charge in [0, 0.05) is 10.3 Å². The second-order valence-electron chi connectivity index (χ2n) is 4.52. The van der Waals surface area contributed by atoms with E-state index in [1.165, 1.54) is 10.1 Å². The molecule has 1 aromatic heterocycles. The predicted octanol–water partition coefficient (Wildman–Crippen LogP) is 5.63. The third-order valence-corrected chi connectivity index (χ3v) is 4.73. The highest BCUT2D eigenvalue weighted by Crippen LogP contribution is 2.40. The smallest absolute Gasteiger partial charge is 0.124 e. The largest absolute Gasteiger partial charge is 0.494 e. The van der Waals surface area contributed by atoms with Gasteiger partial charge >= 0.3 is 0 Å². The molecule has 0 radical (unpaired) electrons. The van der Waals surface area contributed by atoms with Crippen LogP contribution in [0.15, 0.2) is 53.9 Å². The van der Waals surface area contributed by atoms with Crippen LogP contribution >= 0.6 is 22.9 Å².